The molecule has 1 atom stereocenters. The third kappa shape index (κ3) is 4.35. The van der Waals surface area contributed by atoms with E-state index in [2.05, 4.69) is 17.2 Å². The first kappa shape index (κ1) is 14.5. The van der Waals surface area contributed by atoms with Crippen molar-refractivity contribution in [3.05, 3.63) is 35.4 Å². The molecule has 1 saturated heterocycles. The number of rotatable bonds is 3. The number of benzene rings is 1. The highest BCUT2D eigenvalue weighted by molar-refractivity contribution is 5.80. The van der Waals surface area contributed by atoms with E-state index in [0.29, 0.717) is 26.4 Å². The molecule has 20 heavy (non-hydrogen) atoms. The molecule has 1 amide bonds. The molecule has 0 bridgehead atoms. The Kier molecular flexibility index (Phi) is 5.56. The first-order valence-corrected chi connectivity index (χ1v) is 6.45. The van der Waals surface area contributed by atoms with Gasteiger partial charge in [-0.15, -0.1) is 0 Å². The Bertz CT molecular complexity index is 495. The molecule has 0 spiro atoms. The lowest BCUT2D eigenvalue weighted by atomic mass is 10.1. The number of aliphatic hydroxyl groups is 1. The predicted molar refractivity (Wildman–Crippen MR) is 72.8 cm³/mol. The van der Waals surface area contributed by atoms with Crippen molar-refractivity contribution in [3.63, 3.8) is 0 Å². The number of nitrogens with one attached hydrogen (secondary N) is 1. The van der Waals surface area contributed by atoms with Gasteiger partial charge >= 0.3 is 0 Å². The monoisotopic (exact) mass is 275 g/mol. The minimum atomic E-state index is -0.515. The van der Waals surface area contributed by atoms with Crippen molar-refractivity contribution in [3.8, 4) is 11.8 Å². The van der Waals surface area contributed by atoms with E-state index in [1.165, 1.54) is 0 Å². The molecule has 1 aromatic rings. The number of amides is 1. The van der Waals surface area contributed by atoms with Gasteiger partial charge in [0, 0.05) is 12.1 Å². The predicted octanol–water partition coefficient (Wildman–Crippen LogP) is 0.0620. The summed E-state index contributed by atoms with van der Waals surface area (Å²) in [6.07, 6.45) is -0.515. The summed E-state index contributed by atoms with van der Waals surface area (Å²) in [7, 11) is 0. The van der Waals surface area contributed by atoms with Crippen LogP contribution in [0.3, 0.4) is 0 Å². The van der Waals surface area contributed by atoms with Gasteiger partial charge in [0.25, 0.3) is 5.91 Å². The molecule has 0 aromatic heterocycles. The molecule has 1 fully saturated rings. The summed E-state index contributed by atoms with van der Waals surface area (Å²) in [4.78, 5) is 11.8. The van der Waals surface area contributed by atoms with E-state index in [-0.39, 0.29) is 12.5 Å². The average Bonchev–Trinajstić information content (AvgIpc) is 2.52. The first-order chi connectivity index (χ1) is 9.79. The van der Waals surface area contributed by atoms with Gasteiger partial charge in [-0.1, -0.05) is 24.0 Å². The van der Waals surface area contributed by atoms with Crippen LogP contribution in [0.4, 0.5) is 0 Å². The summed E-state index contributed by atoms with van der Waals surface area (Å²) >= 11 is 0. The molecule has 0 radical (unpaired) electrons. The zero-order chi connectivity index (χ0) is 14.2. The first-order valence-electron chi connectivity index (χ1n) is 6.45. The number of carbonyl (C=O) groups excluding carboxylic acids is 1. The fourth-order valence-electron chi connectivity index (χ4n) is 1.79. The molecule has 2 N–H and O–H groups in total. The summed E-state index contributed by atoms with van der Waals surface area (Å²) in [5.74, 6) is 5.24. The molecule has 0 aliphatic carbocycles. The molecule has 5 heteroatoms. The van der Waals surface area contributed by atoms with Crippen LogP contribution in [0.15, 0.2) is 24.3 Å². The van der Waals surface area contributed by atoms with Crippen LogP contribution in [0.5, 0.6) is 0 Å². The molecule has 1 heterocycles. The summed E-state index contributed by atoms with van der Waals surface area (Å²) < 4.78 is 10.5. The van der Waals surface area contributed by atoms with Crippen molar-refractivity contribution in [2.75, 3.05) is 26.4 Å². The molecule has 0 saturated carbocycles. The Hall–Kier alpha value is -1.87. The van der Waals surface area contributed by atoms with Crippen molar-refractivity contribution < 1.29 is 19.4 Å². The fourth-order valence-corrected chi connectivity index (χ4v) is 1.79. The van der Waals surface area contributed by atoms with Crippen LogP contribution in [-0.4, -0.2) is 43.5 Å². The highest BCUT2D eigenvalue weighted by Crippen LogP contribution is 2.05. The van der Waals surface area contributed by atoms with Crippen LogP contribution < -0.4 is 5.32 Å². The Morgan fingerprint density at radius 2 is 2.15 bits per heavy atom. The highest BCUT2D eigenvalue weighted by Gasteiger charge is 2.21. The molecular weight excluding hydrogens is 258 g/mol. The van der Waals surface area contributed by atoms with Crippen LogP contribution in [0.2, 0.25) is 0 Å². The van der Waals surface area contributed by atoms with Crippen LogP contribution in [0.1, 0.15) is 11.1 Å². The third-order valence-electron chi connectivity index (χ3n) is 2.84. The molecule has 1 unspecified atom stereocenters. The van der Waals surface area contributed by atoms with Gasteiger partial charge in [-0.05, 0) is 17.7 Å². The Labute approximate surface area is 117 Å². The lowest BCUT2D eigenvalue weighted by Crippen LogP contribution is -2.42. The standard InChI is InChI=1S/C15H17NO4/c17-7-1-2-12-3-5-13(6-4-12)10-16-15(18)14-11-19-8-9-20-14/h3-6,14,17H,7-11H2,(H,16,18). The van der Waals surface area contributed by atoms with Gasteiger partial charge in [0.15, 0.2) is 6.10 Å². The van der Waals surface area contributed by atoms with E-state index < -0.39 is 6.10 Å². The largest absolute Gasteiger partial charge is 0.384 e. The molecule has 2 rings (SSSR count). The van der Waals surface area contributed by atoms with Gasteiger partial charge < -0.3 is 19.9 Å². The van der Waals surface area contributed by atoms with Crippen LogP contribution in [0.25, 0.3) is 0 Å². The van der Waals surface area contributed by atoms with Crippen molar-refractivity contribution in [2.45, 2.75) is 12.6 Å². The SMILES string of the molecule is O=C(NCc1ccc(C#CCO)cc1)C1COCCO1. The van der Waals surface area contributed by atoms with Gasteiger partial charge in [-0.25, -0.2) is 0 Å². The maximum atomic E-state index is 11.8. The van der Waals surface area contributed by atoms with Crippen molar-refractivity contribution >= 4 is 5.91 Å². The number of aliphatic hydroxyl groups excluding tert-OH is 1. The van der Waals surface area contributed by atoms with Crippen LogP contribution in [0, 0.1) is 11.8 Å². The molecule has 106 valence electrons. The molecule has 1 aromatic carbocycles. The number of ether oxygens (including phenoxy) is 2. The quantitative estimate of drug-likeness (QED) is 0.766. The normalized spacial score (nSPS) is 17.9. The average molecular weight is 275 g/mol. The number of hydrogen-bond acceptors (Lipinski definition) is 4. The maximum Gasteiger partial charge on any atom is 0.251 e. The minimum Gasteiger partial charge on any atom is -0.384 e. The lowest BCUT2D eigenvalue weighted by Gasteiger charge is -2.22. The second-order valence-corrected chi connectivity index (χ2v) is 4.31. The van der Waals surface area contributed by atoms with E-state index in [0.717, 1.165) is 11.1 Å². The summed E-state index contributed by atoms with van der Waals surface area (Å²) in [5, 5.41) is 11.4. The van der Waals surface area contributed by atoms with Crippen LogP contribution >= 0.6 is 0 Å². The van der Waals surface area contributed by atoms with Gasteiger partial charge in [-0.3, -0.25) is 4.79 Å². The van der Waals surface area contributed by atoms with Crippen molar-refractivity contribution in [1.29, 1.82) is 0 Å². The van der Waals surface area contributed by atoms with E-state index in [1.807, 2.05) is 24.3 Å². The van der Waals surface area contributed by atoms with E-state index >= 15 is 0 Å². The fraction of sp³-hybridized carbons (Fsp3) is 0.400. The van der Waals surface area contributed by atoms with Gasteiger partial charge in [0.1, 0.15) is 6.61 Å². The number of carbonyl (C=O) groups is 1. The maximum absolute atomic E-state index is 11.8. The summed E-state index contributed by atoms with van der Waals surface area (Å²) in [5.41, 5.74) is 1.81. The smallest absolute Gasteiger partial charge is 0.251 e. The van der Waals surface area contributed by atoms with E-state index in [4.69, 9.17) is 14.6 Å². The topological polar surface area (TPSA) is 67.8 Å². The Morgan fingerprint density at radius 3 is 2.80 bits per heavy atom. The summed E-state index contributed by atoms with van der Waals surface area (Å²) in [6, 6.07) is 7.48. The Balaban J connectivity index is 1.82. The van der Waals surface area contributed by atoms with Crippen molar-refractivity contribution in [2.24, 2.45) is 0 Å². The second-order valence-electron chi connectivity index (χ2n) is 4.31. The summed E-state index contributed by atoms with van der Waals surface area (Å²) in [6.45, 7) is 1.59. The molecular formula is C15H17NO4. The van der Waals surface area contributed by atoms with Gasteiger partial charge in [0.2, 0.25) is 0 Å². The van der Waals surface area contributed by atoms with E-state index in [1.54, 1.807) is 0 Å². The zero-order valence-electron chi connectivity index (χ0n) is 11.1. The highest BCUT2D eigenvalue weighted by atomic mass is 16.6. The Morgan fingerprint density at radius 1 is 1.35 bits per heavy atom. The minimum absolute atomic E-state index is 0.152. The molecule has 1 aliphatic heterocycles. The van der Waals surface area contributed by atoms with Crippen molar-refractivity contribution in [1.82, 2.24) is 5.32 Å². The zero-order valence-corrected chi connectivity index (χ0v) is 11.1. The lowest BCUT2D eigenvalue weighted by molar-refractivity contribution is -0.147. The number of hydrogen-bond donors (Lipinski definition) is 2. The second kappa shape index (κ2) is 7.65. The van der Waals surface area contributed by atoms with E-state index in [9.17, 15) is 4.79 Å². The third-order valence-corrected chi connectivity index (χ3v) is 2.84. The molecule has 1 aliphatic rings. The van der Waals surface area contributed by atoms with Gasteiger partial charge in [-0.2, -0.15) is 0 Å². The van der Waals surface area contributed by atoms with Gasteiger partial charge in [0.05, 0.1) is 19.8 Å². The van der Waals surface area contributed by atoms with Crippen LogP contribution in [-0.2, 0) is 20.8 Å². The molecule has 5 nitrogen and oxygen atoms in total.